The fourth-order valence-electron chi connectivity index (χ4n) is 2.18. The second-order valence-corrected chi connectivity index (χ2v) is 4.94. The van der Waals surface area contributed by atoms with Crippen LogP contribution in [0.15, 0.2) is 54.6 Å². The molecule has 114 valence electrons. The van der Waals surface area contributed by atoms with Gasteiger partial charge in [-0.1, -0.05) is 42.5 Å². The van der Waals surface area contributed by atoms with E-state index in [1.165, 1.54) is 18.2 Å². The largest absolute Gasteiger partial charge is 0.481 e. The molecule has 0 saturated carbocycles. The van der Waals surface area contributed by atoms with Gasteiger partial charge in [-0.15, -0.1) is 0 Å². The van der Waals surface area contributed by atoms with Crippen molar-refractivity contribution in [1.29, 1.82) is 0 Å². The Kier molecular flexibility index (Phi) is 5.25. The van der Waals surface area contributed by atoms with Crippen molar-refractivity contribution < 1.29 is 19.1 Å². The molecule has 0 spiro atoms. The monoisotopic (exact) mass is 301 g/mol. The Balaban J connectivity index is 2.09. The average molecular weight is 301 g/mol. The van der Waals surface area contributed by atoms with E-state index >= 15 is 0 Å². The first kappa shape index (κ1) is 15.7. The molecule has 22 heavy (non-hydrogen) atoms. The summed E-state index contributed by atoms with van der Waals surface area (Å²) in [6.45, 7) is 0. The number of carbonyl (C=O) groups is 2. The van der Waals surface area contributed by atoms with E-state index in [2.05, 4.69) is 5.32 Å². The summed E-state index contributed by atoms with van der Waals surface area (Å²) in [7, 11) is 0. The lowest BCUT2D eigenvalue weighted by molar-refractivity contribution is -0.137. The number of hydrogen-bond acceptors (Lipinski definition) is 2. The number of hydrogen-bond donors (Lipinski definition) is 2. The maximum atomic E-state index is 13.3. The SMILES string of the molecule is O=C(O)CC(NC(=O)Cc1ccccc1)c1cccc(F)c1. The highest BCUT2D eigenvalue weighted by Crippen LogP contribution is 2.18. The first-order chi connectivity index (χ1) is 10.5. The average Bonchev–Trinajstić information content (AvgIpc) is 2.47. The number of rotatable bonds is 6. The van der Waals surface area contributed by atoms with E-state index in [0.29, 0.717) is 5.56 Å². The molecule has 0 aromatic heterocycles. The molecule has 0 saturated heterocycles. The van der Waals surface area contributed by atoms with Gasteiger partial charge in [-0.25, -0.2) is 4.39 Å². The molecular formula is C17H16FNO3. The van der Waals surface area contributed by atoms with Gasteiger partial charge in [-0.3, -0.25) is 9.59 Å². The minimum absolute atomic E-state index is 0.145. The molecule has 2 N–H and O–H groups in total. The smallest absolute Gasteiger partial charge is 0.305 e. The van der Waals surface area contributed by atoms with Gasteiger partial charge in [0.1, 0.15) is 5.82 Å². The molecular weight excluding hydrogens is 285 g/mol. The van der Waals surface area contributed by atoms with Gasteiger partial charge >= 0.3 is 5.97 Å². The zero-order valence-electron chi connectivity index (χ0n) is 11.8. The second kappa shape index (κ2) is 7.36. The highest BCUT2D eigenvalue weighted by atomic mass is 19.1. The van der Waals surface area contributed by atoms with Gasteiger partial charge < -0.3 is 10.4 Å². The fraction of sp³-hybridized carbons (Fsp3) is 0.176. The number of carboxylic acid groups (broad SMARTS) is 1. The van der Waals surface area contributed by atoms with Crippen LogP contribution in [0.2, 0.25) is 0 Å². The van der Waals surface area contributed by atoms with Gasteiger partial charge in [-0.05, 0) is 23.3 Å². The van der Waals surface area contributed by atoms with Crippen LogP contribution >= 0.6 is 0 Å². The highest BCUT2D eigenvalue weighted by molar-refractivity contribution is 5.80. The predicted molar refractivity (Wildman–Crippen MR) is 79.7 cm³/mol. The number of carboxylic acids is 1. The Morgan fingerprint density at radius 2 is 1.82 bits per heavy atom. The lowest BCUT2D eigenvalue weighted by atomic mass is 10.0. The van der Waals surface area contributed by atoms with E-state index in [0.717, 1.165) is 5.56 Å². The van der Waals surface area contributed by atoms with Crippen LogP contribution in [0.1, 0.15) is 23.6 Å². The molecule has 0 heterocycles. The van der Waals surface area contributed by atoms with Crippen molar-refractivity contribution in [2.75, 3.05) is 0 Å². The maximum Gasteiger partial charge on any atom is 0.305 e. The van der Waals surface area contributed by atoms with Crippen molar-refractivity contribution in [1.82, 2.24) is 5.32 Å². The molecule has 2 aromatic rings. The number of amides is 1. The molecule has 0 radical (unpaired) electrons. The number of benzene rings is 2. The Bertz CT molecular complexity index is 658. The maximum absolute atomic E-state index is 13.3. The van der Waals surface area contributed by atoms with Crippen LogP contribution in [0.25, 0.3) is 0 Å². The van der Waals surface area contributed by atoms with Crippen LogP contribution in [-0.4, -0.2) is 17.0 Å². The molecule has 5 heteroatoms. The van der Waals surface area contributed by atoms with E-state index in [9.17, 15) is 14.0 Å². The molecule has 2 rings (SSSR count). The van der Waals surface area contributed by atoms with Crippen molar-refractivity contribution in [2.45, 2.75) is 18.9 Å². The zero-order valence-corrected chi connectivity index (χ0v) is 11.8. The van der Waals surface area contributed by atoms with Crippen LogP contribution in [0.5, 0.6) is 0 Å². The summed E-state index contributed by atoms with van der Waals surface area (Å²) in [6.07, 6.45) is -0.156. The van der Waals surface area contributed by atoms with Gasteiger partial charge in [0.2, 0.25) is 5.91 Å². The molecule has 0 aliphatic rings. The van der Waals surface area contributed by atoms with Crippen LogP contribution in [0, 0.1) is 5.82 Å². The van der Waals surface area contributed by atoms with Gasteiger partial charge in [0.05, 0.1) is 18.9 Å². The minimum Gasteiger partial charge on any atom is -0.481 e. The third-order valence-corrected chi connectivity index (χ3v) is 3.17. The molecule has 0 bridgehead atoms. The summed E-state index contributed by atoms with van der Waals surface area (Å²) >= 11 is 0. The van der Waals surface area contributed by atoms with E-state index < -0.39 is 17.8 Å². The Morgan fingerprint density at radius 3 is 2.45 bits per heavy atom. The fourth-order valence-corrected chi connectivity index (χ4v) is 2.18. The summed E-state index contributed by atoms with van der Waals surface area (Å²) in [4.78, 5) is 23.0. The Morgan fingerprint density at radius 1 is 1.09 bits per heavy atom. The van der Waals surface area contributed by atoms with Crippen molar-refractivity contribution in [3.05, 3.63) is 71.5 Å². The summed E-state index contributed by atoms with van der Waals surface area (Å²) in [6, 6.07) is 14.0. The van der Waals surface area contributed by atoms with E-state index in [4.69, 9.17) is 5.11 Å². The zero-order chi connectivity index (χ0) is 15.9. The normalized spacial score (nSPS) is 11.7. The van der Waals surface area contributed by atoms with Crippen molar-refractivity contribution in [3.8, 4) is 0 Å². The lowest BCUT2D eigenvalue weighted by Crippen LogP contribution is -2.31. The van der Waals surface area contributed by atoms with Crippen molar-refractivity contribution in [2.24, 2.45) is 0 Å². The molecule has 0 aliphatic heterocycles. The van der Waals surface area contributed by atoms with Crippen LogP contribution in [0.3, 0.4) is 0 Å². The highest BCUT2D eigenvalue weighted by Gasteiger charge is 2.18. The van der Waals surface area contributed by atoms with E-state index in [1.54, 1.807) is 6.07 Å². The standard InChI is InChI=1S/C17H16FNO3/c18-14-8-4-7-13(10-14)15(11-17(21)22)19-16(20)9-12-5-2-1-3-6-12/h1-8,10,15H,9,11H2,(H,19,20)(H,21,22). The van der Waals surface area contributed by atoms with Crippen LogP contribution < -0.4 is 5.32 Å². The van der Waals surface area contributed by atoms with Crippen LogP contribution in [0.4, 0.5) is 4.39 Å². The molecule has 0 fully saturated rings. The number of halogens is 1. The molecule has 2 aromatic carbocycles. The van der Waals surface area contributed by atoms with Gasteiger partial charge in [0, 0.05) is 0 Å². The van der Waals surface area contributed by atoms with Crippen molar-refractivity contribution >= 4 is 11.9 Å². The molecule has 1 amide bonds. The first-order valence-corrected chi connectivity index (χ1v) is 6.85. The van der Waals surface area contributed by atoms with Gasteiger partial charge in [0.25, 0.3) is 0 Å². The number of carbonyl (C=O) groups excluding carboxylic acids is 1. The van der Waals surface area contributed by atoms with Crippen molar-refractivity contribution in [3.63, 3.8) is 0 Å². The molecule has 0 aliphatic carbocycles. The molecule has 4 nitrogen and oxygen atoms in total. The molecule has 1 unspecified atom stereocenters. The lowest BCUT2D eigenvalue weighted by Gasteiger charge is -2.17. The summed E-state index contributed by atoms with van der Waals surface area (Å²) in [5, 5.41) is 11.6. The minimum atomic E-state index is -1.06. The summed E-state index contributed by atoms with van der Waals surface area (Å²) in [5.41, 5.74) is 1.26. The third kappa shape index (κ3) is 4.70. The number of aliphatic carboxylic acids is 1. The van der Waals surface area contributed by atoms with E-state index in [-0.39, 0.29) is 18.7 Å². The van der Waals surface area contributed by atoms with Crippen LogP contribution in [-0.2, 0) is 16.0 Å². The second-order valence-electron chi connectivity index (χ2n) is 4.94. The third-order valence-electron chi connectivity index (χ3n) is 3.17. The summed E-state index contributed by atoms with van der Waals surface area (Å²) < 4.78 is 13.3. The van der Waals surface area contributed by atoms with Gasteiger partial charge in [0.15, 0.2) is 0 Å². The predicted octanol–water partition coefficient (Wildman–Crippen LogP) is 2.70. The first-order valence-electron chi connectivity index (χ1n) is 6.85. The quantitative estimate of drug-likeness (QED) is 0.862. The summed E-state index contributed by atoms with van der Waals surface area (Å²) in [5.74, 6) is -1.83. The Labute approximate surface area is 127 Å². The topological polar surface area (TPSA) is 66.4 Å². The van der Waals surface area contributed by atoms with Gasteiger partial charge in [-0.2, -0.15) is 0 Å². The Hall–Kier alpha value is -2.69. The number of nitrogens with one attached hydrogen (secondary N) is 1. The molecule has 1 atom stereocenters. The van der Waals surface area contributed by atoms with E-state index in [1.807, 2.05) is 30.3 Å².